The maximum Gasteiger partial charge on any atom is 0.144 e. The van der Waals surface area contributed by atoms with E-state index in [-0.39, 0.29) is 0 Å². The van der Waals surface area contributed by atoms with Gasteiger partial charge in [-0.05, 0) is 17.7 Å². The lowest BCUT2D eigenvalue weighted by Gasteiger charge is -2.05. The zero-order chi connectivity index (χ0) is 12.8. The van der Waals surface area contributed by atoms with Crippen LogP contribution in [0.3, 0.4) is 0 Å². The quantitative estimate of drug-likeness (QED) is 0.901. The van der Waals surface area contributed by atoms with Crippen LogP contribution in [0.15, 0.2) is 36.7 Å². The first-order valence-electron chi connectivity index (χ1n) is 5.59. The molecule has 94 valence electrons. The first-order valence-corrected chi connectivity index (χ1v) is 5.96. The predicted molar refractivity (Wildman–Crippen MR) is 71.5 cm³/mol. The lowest BCUT2D eigenvalue weighted by atomic mass is 10.2. The number of benzene rings is 1. The largest absolute Gasteiger partial charge is 0.372 e. The molecule has 2 aromatic rings. The highest BCUT2D eigenvalue weighted by Crippen LogP contribution is 2.12. The van der Waals surface area contributed by atoms with E-state index in [9.17, 15) is 0 Å². The minimum absolute atomic E-state index is 0.434. The van der Waals surface area contributed by atoms with Gasteiger partial charge in [0.15, 0.2) is 0 Å². The van der Waals surface area contributed by atoms with Crippen LogP contribution < -0.4 is 5.32 Å². The van der Waals surface area contributed by atoms with Gasteiger partial charge in [-0.3, -0.25) is 4.98 Å². The second-order valence-electron chi connectivity index (χ2n) is 3.77. The van der Waals surface area contributed by atoms with Crippen LogP contribution in [-0.4, -0.2) is 17.0 Å². The van der Waals surface area contributed by atoms with Crippen molar-refractivity contribution in [3.05, 3.63) is 52.9 Å². The Kier molecular flexibility index (Phi) is 4.50. The third-order valence-corrected chi connectivity index (χ3v) is 2.60. The van der Waals surface area contributed by atoms with Crippen molar-refractivity contribution in [1.82, 2.24) is 9.97 Å². The molecule has 0 radical (unpaired) electrons. The van der Waals surface area contributed by atoms with E-state index in [1.54, 1.807) is 19.4 Å². The van der Waals surface area contributed by atoms with Crippen molar-refractivity contribution >= 4 is 17.4 Å². The van der Waals surface area contributed by atoms with Gasteiger partial charge in [-0.15, -0.1) is 0 Å². The molecule has 0 atom stereocenters. The first-order chi connectivity index (χ1) is 8.78. The molecular weight excluding hydrogens is 250 g/mol. The minimum atomic E-state index is 0.434. The van der Waals surface area contributed by atoms with E-state index in [1.165, 1.54) is 0 Å². The third kappa shape index (κ3) is 3.68. The molecule has 0 amide bonds. The Morgan fingerprint density at radius 1 is 1.22 bits per heavy atom. The molecule has 5 heteroatoms. The number of hydrogen-bond acceptors (Lipinski definition) is 4. The van der Waals surface area contributed by atoms with Gasteiger partial charge in [-0.2, -0.15) is 0 Å². The van der Waals surface area contributed by atoms with Crippen molar-refractivity contribution in [1.29, 1.82) is 0 Å². The summed E-state index contributed by atoms with van der Waals surface area (Å²) in [6.07, 6.45) is 3.38. The Morgan fingerprint density at radius 2 is 2.11 bits per heavy atom. The van der Waals surface area contributed by atoms with Gasteiger partial charge in [0.25, 0.3) is 0 Å². The van der Waals surface area contributed by atoms with E-state index in [0.717, 1.165) is 17.1 Å². The molecule has 1 N–H and O–H groups in total. The van der Waals surface area contributed by atoms with Crippen LogP contribution in [0.1, 0.15) is 11.3 Å². The molecule has 0 fully saturated rings. The van der Waals surface area contributed by atoms with Crippen molar-refractivity contribution in [2.45, 2.75) is 13.2 Å². The van der Waals surface area contributed by atoms with E-state index >= 15 is 0 Å². The van der Waals surface area contributed by atoms with Gasteiger partial charge in [0, 0.05) is 12.1 Å². The van der Waals surface area contributed by atoms with E-state index in [2.05, 4.69) is 15.3 Å². The number of ether oxygens (including phenoxy) is 1. The van der Waals surface area contributed by atoms with Crippen LogP contribution in [0, 0.1) is 0 Å². The van der Waals surface area contributed by atoms with E-state index in [1.807, 2.05) is 24.3 Å². The summed E-state index contributed by atoms with van der Waals surface area (Å²) < 4.78 is 5.55. The Hall–Kier alpha value is -1.65. The molecule has 1 heterocycles. The molecule has 0 aliphatic rings. The smallest absolute Gasteiger partial charge is 0.144 e. The molecule has 0 saturated heterocycles. The van der Waals surface area contributed by atoms with Crippen molar-refractivity contribution in [3.8, 4) is 0 Å². The van der Waals surface area contributed by atoms with E-state index in [4.69, 9.17) is 16.3 Å². The normalized spacial score (nSPS) is 10.3. The van der Waals surface area contributed by atoms with Crippen LogP contribution in [0.2, 0.25) is 5.02 Å². The SMILES string of the molecule is CNc1cnc(COCc2cccc(Cl)c2)cn1. The Morgan fingerprint density at radius 3 is 2.78 bits per heavy atom. The fraction of sp³-hybridized carbons (Fsp3) is 0.231. The van der Waals surface area contributed by atoms with Gasteiger partial charge in [0.05, 0.1) is 31.3 Å². The summed E-state index contributed by atoms with van der Waals surface area (Å²) in [7, 11) is 1.80. The molecule has 1 aromatic carbocycles. The monoisotopic (exact) mass is 263 g/mol. The van der Waals surface area contributed by atoms with Crippen LogP contribution in [0.25, 0.3) is 0 Å². The number of nitrogens with zero attached hydrogens (tertiary/aromatic N) is 2. The Labute approximate surface area is 111 Å². The Bertz CT molecular complexity index is 502. The van der Waals surface area contributed by atoms with Gasteiger partial charge in [-0.25, -0.2) is 4.98 Å². The van der Waals surface area contributed by atoms with Gasteiger partial charge in [0.1, 0.15) is 5.82 Å². The molecule has 0 aliphatic heterocycles. The van der Waals surface area contributed by atoms with Crippen LogP contribution in [0.4, 0.5) is 5.82 Å². The molecule has 1 aromatic heterocycles. The molecule has 4 nitrogen and oxygen atoms in total. The van der Waals surface area contributed by atoms with Gasteiger partial charge < -0.3 is 10.1 Å². The van der Waals surface area contributed by atoms with Crippen molar-refractivity contribution in [3.63, 3.8) is 0 Å². The zero-order valence-corrected chi connectivity index (χ0v) is 10.8. The highest BCUT2D eigenvalue weighted by molar-refractivity contribution is 6.30. The van der Waals surface area contributed by atoms with Crippen LogP contribution >= 0.6 is 11.6 Å². The summed E-state index contributed by atoms with van der Waals surface area (Å²) in [6, 6.07) is 7.61. The summed E-state index contributed by atoms with van der Waals surface area (Å²) in [5.41, 5.74) is 1.85. The van der Waals surface area contributed by atoms with Gasteiger partial charge in [0.2, 0.25) is 0 Å². The number of hydrogen-bond donors (Lipinski definition) is 1. The van der Waals surface area contributed by atoms with E-state index < -0.39 is 0 Å². The van der Waals surface area contributed by atoms with Crippen LogP contribution in [-0.2, 0) is 18.0 Å². The van der Waals surface area contributed by atoms with E-state index in [0.29, 0.717) is 18.2 Å². The molecule has 0 spiro atoms. The van der Waals surface area contributed by atoms with Crippen molar-refractivity contribution in [2.24, 2.45) is 0 Å². The number of nitrogens with one attached hydrogen (secondary N) is 1. The maximum absolute atomic E-state index is 5.89. The fourth-order valence-electron chi connectivity index (χ4n) is 1.46. The van der Waals surface area contributed by atoms with Gasteiger partial charge >= 0.3 is 0 Å². The maximum atomic E-state index is 5.89. The molecule has 2 rings (SSSR count). The second kappa shape index (κ2) is 6.33. The summed E-state index contributed by atoms with van der Waals surface area (Å²) >= 11 is 5.89. The zero-order valence-electron chi connectivity index (χ0n) is 10.1. The number of halogens is 1. The topological polar surface area (TPSA) is 47.0 Å². The minimum Gasteiger partial charge on any atom is -0.372 e. The highest BCUT2D eigenvalue weighted by atomic mass is 35.5. The summed E-state index contributed by atoms with van der Waals surface area (Å²) in [5.74, 6) is 0.744. The highest BCUT2D eigenvalue weighted by Gasteiger charge is 1.98. The third-order valence-electron chi connectivity index (χ3n) is 2.37. The number of anilines is 1. The Balaban J connectivity index is 1.84. The molecule has 0 unspecified atom stereocenters. The second-order valence-corrected chi connectivity index (χ2v) is 4.20. The summed E-state index contributed by atoms with van der Waals surface area (Å²) in [4.78, 5) is 8.38. The average Bonchev–Trinajstić information content (AvgIpc) is 2.40. The molecule has 0 saturated carbocycles. The van der Waals surface area contributed by atoms with Crippen molar-refractivity contribution in [2.75, 3.05) is 12.4 Å². The van der Waals surface area contributed by atoms with Crippen LogP contribution in [0.5, 0.6) is 0 Å². The summed E-state index contributed by atoms with van der Waals surface area (Å²) in [6.45, 7) is 0.944. The lowest BCUT2D eigenvalue weighted by Crippen LogP contribution is -1.99. The molecule has 0 aliphatic carbocycles. The van der Waals surface area contributed by atoms with Crippen molar-refractivity contribution < 1.29 is 4.74 Å². The number of rotatable bonds is 5. The average molecular weight is 264 g/mol. The fourth-order valence-corrected chi connectivity index (χ4v) is 1.67. The first kappa shape index (κ1) is 12.8. The number of aromatic nitrogens is 2. The standard InChI is InChI=1S/C13H14ClN3O/c1-15-13-7-16-12(6-17-13)9-18-8-10-3-2-4-11(14)5-10/h2-7H,8-9H2,1H3,(H,15,17). The predicted octanol–water partition coefficient (Wildman–Crippen LogP) is 2.89. The molecule has 0 bridgehead atoms. The van der Waals surface area contributed by atoms with Gasteiger partial charge in [-0.1, -0.05) is 23.7 Å². The molecular formula is C13H14ClN3O. The molecule has 18 heavy (non-hydrogen) atoms. The summed E-state index contributed by atoms with van der Waals surface area (Å²) in [5, 5.41) is 3.63. The lowest BCUT2D eigenvalue weighted by molar-refractivity contribution is 0.104.